The van der Waals surface area contributed by atoms with E-state index in [-0.39, 0.29) is 11.9 Å². The molecule has 1 unspecified atom stereocenters. The third kappa shape index (κ3) is 3.92. The van der Waals surface area contributed by atoms with Gasteiger partial charge in [0.05, 0.1) is 0 Å². The van der Waals surface area contributed by atoms with Crippen LogP contribution in [0.2, 0.25) is 0 Å². The summed E-state index contributed by atoms with van der Waals surface area (Å²) in [4.78, 5) is 32.1. The molecule has 0 bridgehead atoms. The van der Waals surface area contributed by atoms with Crippen LogP contribution in [-0.4, -0.2) is 66.5 Å². The number of amides is 3. The summed E-state index contributed by atoms with van der Waals surface area (Å²) in [6.07, 6.45) is 2.94. The van der Waals surface area contributed by atoms with Gasteiger partial charge in [0, 0.05) is 44.8 Å². The summed E-state index contributed by atoms with van der Waals surface area (Å²) in [5.41, 5.74) is 3.01. The monoisotopic (exact) mass is 418 g/mol. The second-order valence-corrected chi connectivity index (χ2v) is 8.93. The quantitative estimate of drug-likeness (QED) is 0.759. The summed E-state index contributed by atoms with van der Waals surface area (Å²) in [7, 11) is 0. The molecule has 162 valence electrons. The van der Waals surface area contributed by atoms with Gasteiger partial charge in [-0.1, -0.05) is 42.5 Å². The van der Waals surface area contributed by atoms with Crippen LogP contribution < -0.4 is 10.2 Å². The Morgan fingerprint density at radius 1 is 0.839 bits per heavy atom. The number of hydrogen-bond donors (Lipinski definition) is 1. The van der Waals surface area contributed by atoms with E-state index in [1.54, 1.807) is 0 Å². The second kappa shape index (κ2) is 8.35. The van der Waals surface area contributed by atoms with E-state index in [0.717, 1.165) is 45.6 Å². The van der Waals surface area contributed by atoms with Crippen LogP contribution in [0.15, 0.2) is 54.6 Å². The fourth-order valence-corrected chi connectivity index (χ4v) is 5.22. The second-order valence-electron chi connectivity index (χ2n) is 8.93. The molecule has 1 N–H and O–H groups in total. The van der Waals surface area contributed by atoms with Crippen molar-refractivity contribution in [2.45, 2.75) is 31.2 Å². The Balaban J connectivity index is 1.12. The molecule has 0 aromatic heterocycles. The van der Waals surface area contributed by atoms with E-state index in [1.165, 1.54) is 21.7 Å². The van der Waals surface area contributed by atoms with Crippen molar-refractivity contribution in [2.24, 2.45) is 0 Å². The highest BCUT2D eigenvalue weighted by molar-refractivity contribution is 6.07. The number of benzene rings is 2. The molecule has 2 saturated heterocycles. The zero-order valence-corrected chi connectivity index (χ0v) is 17.9. The average Bonchev–Trinajstić information content (AvgIpc) is 3.03. The summed E-state index contributed by atoms with van der Waals surface area (Å²) in [5, 5.41) is 3.04. The number of aryl methyl sites for hydroxylation is 1. The van der Waals surface area contributed by atoms with E-state index in [0.29, 0.717) is 19.4 Å². The number of hydrogen-bond acceptors (Lipinski definition) is 4. The van der Waals surface area contributed by atoms with Gasteiger partial charge in [-0.2, -0.15) is 0 Å². The van der Waals surface area contributed by atoms with Crippen molar-refractivity contribution >= 4 is 17.6 Å². The number of fused-ring (bicyclic) bond motifs is 1. The number of nitrogens with one attached hydrogen (secondary N) is 1. The highest BCUT2D eigenvalue weighted by atomic mass is 16.2. The molecule has 2 aliphatic heterocycles. The Labute approximate surface area is 183 Å². The molecule has 2 fully saturated rings. The van der Waals surface area contributed by atoms with E-state index in [9.17, 15) is 9.59 Å². The first-order valence-corrected chi connectivity index (χ1v) is 11.4. The average molecular weight is 419 g/mol. The molecule has 2 aromatic rings. The molecule has 6 nitrogen and oxygen atoms in total. The van der Waals surface area contributed by atoms with Crippen LogP contribution in [0.4, 0.5) is 10.5 Å². The van der Waals surface area contributed by atoms with Crippen LogP contribution in [0.25, 0.3) is 0 Å². The van der Waals surface area contributed by atoms with Crippen molar-refractivity contribution in [1.82, 2.24) is 15.1 Å². The SMILES string of the molecule is O=C1NC2(CCc3ccccc3C2)C(=O)N1CCCN1CCN(c2ccccc2)CC1. The van der Waals surface area contributed by atoms with Crippen molar-refractivity contribution in [2.75, 3.05) is 44.2 Å². The molecule has 5 rings (SSSR count). The van der Waals surface area contributed by atoms with Crippen molar-refractivity contribution in [1.29, 1.82) is 0 Å². The molecule has 2 heterocycles. The molecule has 3 amide bonds. The fourth-order valence-electron chi connectivity index (χ4n) is 5.22. The summed E-state index contributed by atoms with van der Waals surface area (Å²) in [6.45, 7) is 5.44. The number of piperazine rings is 1. The normalized spacial score (nSPS) is 23.9. The zero-order chi connectivity index (χ0) is 21.3. The first-order valence-electron chi connectivity index (χ1n) is 11.4. The molecule has 3 aliphatic rings. The lowest BCUT2D eigenvalue weighted by Gasteiger charge is -2.36. The minimum Gasteiger partial charge on any atom is -0.369 e. The van der Waals surface area contributed by atoms with Crippen LogP contribution in [0.1, 0.15) is 24.0 Å². The topological polar surface area (TPSA) is 55.9 Å². The Bertz CT molecular complexity index is 955. The van der Waals surface area contributed by atoms with E-state index in [2.05, 4.69) is 51.5 Å². The molecular formula is C25H30N4O2. The van der Waals surface area contributed by atoms with Gasteiger partial charge in [-0.05, 0) is 49.1 Å². The molecule has 31 heavy (non-hydrogen) atoms. The van der Waals surface area contributed by atoms with Gasteiger partial charge in [-0.15, -0.1) is 0 Å². The summed E-state index contributed by atoms with van der Waals surface area (Å²) in [5.74, 6) is -0.0408. The molecule has 1 aliphatic carbocycles. The van der Waals surface area contributed by atoms with Crippen LogP contribution in [0.3, 0.4) is 0 Å². The van der Waals surface area contributed by atoms with Crippen molar-refractivity contribution < 1.29 is 9.59 Å². The van der Waals surface area contributed by atoms with Gasteiger partial charge in [0.15, 0.2) is 0 Å². The van der Waals surface area contributed by atoms with Crippen LogP contribution in [0.5, 0.6) is 0 Å². The fraction of sp³-hybridized carbons (Fsp3) is 0.440. The smallest absolute Gasteiger partial charge is 0.325 e. The van der Waals surface area contributed by atoms with E-state index in [4.69, 9.17) is 0 Å². The van der Waals surface area contributed by atoms with E-state index >= 15 is 0 Å². The molecule has 0 radical (unpaired) electrons. The Hall–Kier alpha value is -2.86. The molecule has 1 atom stereocenters. The molecular weight excluding hydrogens is 388 g/mol. The minimum atomic E-state index is -0.743. The number of carbonyl (C=O) groups excluding carboxylic acids is 2. The number of rotatable bonds is 5. The number of anilines is 1. The minimum absolute atomic E-state index is 0.0408. The number of carbonyl (C=O) groups is 2. The predicted molar refractivity (Wildman–Crippen MR) is 121 cm³/mol. The molecule has 1 spiro atoms. The summed E-state index contributed by atoms with van der Waals surface area (Å²) < 4.78 is 0. The Morgan fingerprint density at radius 2 is 1.55 bits per heavy atom. The van der Waals surface area contributed by atoms with Gasteiger partial charge in [0.1, 0.15) is 5.54 Å². The maximum Gasteiger partial charge on any atom is 0.325 e. The maximum absolute atomic E-state index is 13.2. The number of para-hydroxylation sites is 1. The lowest BCUT2D eigenvalue weighted by atomic mass is 9.78. The van der Waals surface area contributed by atoms with Gasteiger partial charge in [0.25, 0.3) is 5.91 Å². The van der Waals surface area contributed by atoms with E-state index in [1.807, 2.05) is 18.2 Å². The molecule has 0 saturated carbocycles. The molecule has 2 aromatic carbocycles. The van der Waals surface area contributed by atoms with Crippen molar-refractivity contribution in [3.05, 3.63) is 65.7 Å². The van der Waals surface area contributed by atoms with Crippen LogP contribution >= 0.6 is 0 Å². The van der Waals surface area contributed by atoms with Crippen LogP contribution in [0, 0.1) is 0 Å². The lowest BCUT2D eigenvalue weighted by Crippen LogP contribution is -2.51. The first-order chi connectivity index (χ1) is 15.1. The maximum atomic E-state index is 13.2. The standard InChI is InChI=1S/C25H30N4O2/c30-23-25(12-11-20-7-4-5-8-21(20)19-25)26-24(31)29(23)14-6-13-27-15-17-28(18-16-27)22-9-2-1-3-10-22/h1-5,7-10H,6,11-19H2,(H,26,31). The molecule has 6 heteroatoms. The third-order valence-corrected chi connectivity index (χ3v) is 7.03. The van der Waals surface area contributed by atoms with Gasteiger partial charge in [-0.25, -0.2) is 4.79 Å². The number of urea groups is 1. The van der Waals surface area contributed by atoms with Gasteiger partial charge in [-0.3, -0.25) is 14.6 Å². The van der Waals surface area contributed by atoms with Crippen LogP contribution in [-0.2, 0) is 17.6 Å². The van der Waals surface area contributed by atoms with Crippen molar-refractivity contribution in [3.63, 3.8) is 0 Å². The van der Waals surface area contributed by atoms with Gasteiger partial charge in [0.2, 0.25) is 0 Å². The number of imide groups is 1. The van der Waals surface area contributed by atoms with Gasteiger partial charge >= 0.3 is 6.03 Å². The predicted octanol–water partition coefficient (Wildman–Crippen LogP) is 2.68. The Morgan fingerprint density at radius 3 is 2.32 bits per heavy atom. The highest BCUT2D eigenvalue weighted by Crippen LogP contribution is 2.33. The first kappa shape index (κ1) is 20.1. The summed E-state index contributed by atoms with van der Waals surface area (Å²) in [6, 6.07) is 18.6. The third-order valence-electron chi connectivity index (χ3n) is 7.03. The largest absolute Gasteiger partial charge is 0.369 e. The highest BCUT2D eigenvalue weighted by Gasteiger charge is 2.51. The van der Waals surface area contributed by atoms with Crippen molar-refractivity contribution in [3.8, 4) is 0 Å². The van der Waals surface area contributed by atoms with E-state index < -0.39 is 5.54 Å². The lowest BCUT2D eigenvalue weighted by molar-refractivity contribution is -0.131. The summed E-state index contributed by atoms with van der Waals surface area (Å²) >= 11 is 0. The number of nitrogens with zero attached hydrogens (tertiary/aromatic N) is 3. The van der Waals surface area contributed by atoms with Gasteiger partial charge < -0.3 is 10.2 Å². The Kier molecular flexibility index (Phi) is 5.40. The zero-order valence-electron chi connectivity index (χ0n) is 17.9.